The number of anilines is 2. The van der Waals surface area contributed by atoms with Gasteiger partial charge in [-0.1, -0.05) is 0 Å². The van der Waals surface area contributed by atoms with Gasteiger partial charge >= 0.3 is 0 Å². The molecule has 1 fully saturated rings. The zero-order valence-corrected chi connectivity index (χ0v) is 13.9. The van der Waals surface area contributed by atoms with E-state index < -0.39 is 31.1 Å². The zero-order chi connectivity index (χ0) is 19.0. The lowest BCUT2D eigenvalue weighted by atomic mass is 10.1. The average molecular weight is 375 g/mol. The molecule has 1 aliphatic rings. The molecular formula is C15H17N7O5. The number of rotatable bonds is 5. The number of fused-ring (bicyclic) bond motifs is 1. The summed E-state index contributed by atoms with van der Waals surface area (Å²) in [6.45, 7) is -0.438. The van der Waals surface area contributed by atoms with Gasteiger partial charge in [0.05, 0.1) is 25.4 Å². The molecule has 27 heavy (non-hydrogen) atoms. The molecule has 12 heteroatoms. The maximum Gasteiger partial charge on any atom is 0.247 e. The lowest BCUT2D eigenvalue weighted by Gasteiger charge is -2.16. The number of nitrogens with two attached hydrogens (primary N) is 1. The third-order valence-corrected chi connectivity index (χ3v) is 4.14. The summed E-state index contributed by atoms with van der Waals surface area (Å²) < 4.78 is 12.0. The second-order valence-corrected chi connectivity index (χ2v) is 5.87. The molecule has 6 N–H and O–H groups in total. The highest BCUT2D eigenvalue weighted by Gasteiger charge is 2.44. The van der Waals surface area contributed by atoms with Crippen LogP contribution in [0.25, 0.3) is 11.2 Å². The van der Waals surface area contributed by atoms with E-state index in [9.17, 15) is 15.3 Å². The van der Waals surface area contributed by atoms with Gasteiger partial charge < -0.3 is 30.2 Å². The standard InChI is InChI=1S/C15H17N7O5/c16-12-9-13(20-15(19-12)21-18-4-7-2-1-3-26-7)22(6-17-9)14-11(25)10(24)8(5-23)27-14/h1-4,6,8,10-11,14,23-25H,5H2,(H3,16,19,20,21)/b18-4+. The van der Waals surface area contributed by atoms with Gasteiger partial charge in [0, 0.05) is 0 Å². The maximum absolute atomic E-state index is 10.2. The Hall–Kier alpha value is -3.06. The number of nitrogen functional groups attached to an aromatic ring is 1. The van der Waals surface area contributed by atoms with Crippen LogP contribution >= 0.6 is 0 Å². The topological polar surface area (TPSA) is 177 Å². The highest BCUT2D eigenvalue weighted by Crippen LogP contribution is 2.32. The minimum atomic E-state index is -1.27. The number of aliphatic hydroxyl groups excluding tert-OH is 3. The number of hydrazone groups is 1. The van der Waals surface area contributed by atoms with E-state index in [0.29, 0.717) is 11.3 Å². The van der Waals surface area contributed by atoms with Crippen molar-refractivity contribution in [2.24, 2.45) is 5.10 Å². The van der Waals surface area contributed by atoms with E-state index in [0.717, 1.165) is 0 Å². The van der Waals surface area contributed by atoms with Gasteiger partial charge in [0.15, 0.2) is 17.7 Å². The van der Waals surface area contributed by atoms with Crippen LogP contribution in [0.15, 0.2) is 34.2 Å². The summed E-state index contributed by atoms with van der Waals surface area (Å²) in [5.41, 5.74) is 9.13. The lowest BCUT2D eigenvalue weighted by Crippen LogP contribution is -2.33. The number of aliphatic hydroxyl groups is 3. The van der Waals surface area contributed by atoms with E-state index in [4.69, 9.17) is 14.9 Å². The fraction of sp³-hybridized carbons (Fsp3) is 0.333. The molecule has 4 atom stereocenters. The Morgan fingerprint density at radius 1 is 1.33 bits per heavy atom. The van der Waals surface area contributed by atoms with E-state index in [1.165, 1.54) is 23.4 Å². The first kappa shape index (κ1) is 17.4. The fourth-order valence-corrected chi connectivity index (χ4v) is 2.80. The smallest absolute Gasteiger partial charge is 0.247 e. The van der Waals surface area contributed by atoms with Crippen LogP contribution in [0.5, 0.6) is 0 Å². The molecule has 12 nitrogen and oxygen atoms in total. The number of ether oxygens (including phenoxy) is 1. The highest BCUT2D eigenvalue weighted by atomic mass is 16.6. The molecule has 4 heterocycles. The van der Waals surface area contributed by atoms with Gasteiger partial charge in [0.2, 0.25) is 5.95 Å². The van der Waals surface area contributed by atoms with E-state index in [2.05, 4.69) is 25.5 Å². The molecule has 0 saturated carbocycles. The predicted molar refractivity (Wildman–Crippen MR) is 92.7 cm³/mol. The quantitative estimate of drug-likeness (QED) is 0.276. The van der Waals surface area contributed by atoms with Crippen LogP contribution < -0.4 is 11.2 Å². The molecule has 4 unspecified atom stereocenters. The van der Waals surface area contributed by atoms with Crippen LogP contribution in [0.3, 0.4) is 0 Å². The van der Waals surface area contributed by atoms with Crippen molar-refractivity contribution in [2.45, 2.75) is 24.5 Å². The Labute approximate surface area is 151 Å². The average Bonchev–Trinajstić information content (AvgIpc) is 3.37. The molecule has 3 aromatic rings. The highest BCUT2D eigenvalue weighted by molar-refractivity contribution is 5.83. The largest absolute Gasteiger partial charge is 0.463 e. The minimum Gasteiger partial charge on any atom is -0.463 e. The number of nitrogens with zero attached hydrogens (tertiary/aromatic N) is 5. The number of nitrogens with one attached hydrogen (secondary N) is 1. The van der Waals surface area contributed by atoms with Crippen molar-refractivity contribution in [1.29, 1.82) is 0 Å². The van der Waals surface area contributed by atoms with Crippen LogP contribution in [0, 0.1) is 0 Å². The molecule has 1 aliphatic heterocycles. The molecule has 1 saturated heterocycles. The minimum absolute atomic E-state index is 0.0938. The summed E-state index contributed by atoms with van der Waals surface area (Å²) >= 11 is 0. The van der Waals surface area contributed by atoms with E-state index in [1.807, 2.05) is 0 Å². The van der Waals surface area contributed by atoms with Crippen molar-refractivity contribution in [2.75, 3.05) is 17.8 Å². The first-order chi connectivity index (χ1) is 13.1. The monoisotopic (exact) mass is 375 g/mol. The Morgan fingerprint density at radius 3 is 2.89 bits per heavy atom. The van der Waals surface area contributed by atoms with Crippen LogP contribution in [0.1, 0.15) is 12.0 Å². The van der Waals surface area contributed by atoms with E-state index >= 15 is 0 Å². The fourth-order valence-electron chi connectivity index (χ4n) is 2.80. The number of imidazole rings is 1. The Kier molecular flexibility index (Phi) is 4.45. The van der Waals surface area contributed by atoms with Crippen LogP contribution in [0.2, 0.25) is 0 Å². The van der Waals surface area contributed by atoms with Crippen molar-refractivity contribution in [3.8, 4) is 0 Å². The summed E-state index contributed by atoms with van der Waals surface area (Å²) in [4.78, 5) is 12.5. The molecule has 142 valence electrons. The summed E-state index contributed by atoms with van der Waals surface area (Å²) in [6, 6.07) is 3.45. The van der Waals surface area contributed by atoms with Gasteiger partial charge in [-0.05, 0) is 12.1 Å². The third kappa shape index (κ3) is 3.10. The molecule has 0 amide bonds. The lowest BCUT2D eigenvalue weighted by molar-refractivity contribution is -0.0511. The van der Waals surface area contributed by atoms with Crippen molar-refractivity contribution in [3.63, 3.8) is 0 Å². The van der Waals surface area contributed by atoms with Gasteiger partial charge in [-0.15, -0.1) is 0 Å². The van der Waals surface area contributed by atoms with Crippen molar-refractivity contribution in [3.05, 3.63) is 30.5 Å². The molecule has 3 aromatic heterocycles. The molecule has 0 aromatic carbocycles. The summed E-state index contributed by atoms with van der Waals surface area (Å²) in [7, 11) is 0. The van der Waals surface area contributed by atoms with Gasteiger partial charge in [-0.3, -0.25) is 4.57 Å². The van der Waals surface area contributed by atoms with E-state index in [-0.39, 0.29) is 17.4 Å². The van der Waals surface area contributed by atoms with E-state index in [1.54, 1.807) is 12.1 Å². The number of hydrogen-bond acceptors (Lipinski definition) is 11. The van der Waals surface area contributed by atoms with Gasteiger partial charge in [0.1, 0.15) is 29.6 Å². The number of furan rings is 1. The number of hydrogen-bond donors (Lipinski definition) is 5. The first-order valence-electron chi connectivity index (χ1n) is 8.03. The molecule has 0 spiro atoms. The molecular weight excluding hydrogens is 358 g/mol. The molecule has 4 rings (SSSR count). The SMILES string of the molecule is Nc1nc(N/N=C/c2ccco2)nc2c1ncn2C1OC(CO)C(O)C1O. The summed E-state index contributed by atoms with van der Waals surface area (Å²) in [6.07, 6.45) is -0.107. The second kappa shape index (κ2) is 6.92. The summed E-state index contributed by atoms with van der Waals surface area (Å²) in [5.74, 6) is 0.727. The van der Waals surface area contributed by atoms with Gasteiger partial charge in [-0.2, -0.15) is 15.1 Å². The van der Waals surface area contributed by atoms with Gasteiger partial charge in [0.25, 0.3) is 0 Å². The first-order valence-corrected chi connectivity index (χ1v) is 8.03. The second-order valence-electron chi connectivity index (χ2n) is 5.87. The van der Waals surface area contributed by atoms with Crippen LogP contribution in [0.4, 0.5) is 11.8 Å². The Bertz CT molecular complexity index is 957. The van der Waals surface area contributed by atoms with Crippen molar-refractivity contribution in [1.82, 2.24) is 19.5 Å². The normalized spacial score (nSPS) is 25.6. The van der Waals surface area contributed by atoms with Gasteiger partial charge in [-0.25, -0.2) is 10.4 Å². The van der Waals surface area contributed by atoms with Crippen molar-refractivity contribution < 1.29 is 24.5 Å². The molecule has 0 aliphatic carbocycles. The Morgan fingerprint density at radius 2 is 2.19 bits per heavy atom. The number of aromatic nitrogens is 4. The molecule has 0 radical (unpaired) electrons. The van der Waals surface area contributed by atoms with Crippen molar-refractivity contribution >= 4 is 29.1 Å². The summed E-state index contributed by atoms with van der Waals surface area (Å²) in [5, 5.41) is 33.4. The van der Waals surface area contributed by atoms with Crippen LogP contribution in [-0.4, -0.2) is 66.0 Å². The third-order valence-electron chi connectivity index (χ3n) is 4.14. The zero-order valence-electron chi connectivity index (χ0n) is 13.9. The Balaban J connectivity index is 1.64. The predicted octanol–water partition coefficient (Wildman–Crippen LogP) is -0.941. The van der Waals surface area contributed by atoms with Crippen LogP contribution in [-0.2, 0) is 4.74 Å². The maximum atomic E-state index is 10.2. The molecule has 0 bridgehead atoms.